The summed E-state index contributed by atoms with van der Waals surface area (Å²) in [5.41, 5.74) is 4.07. The van der Waals surface area contributed by atoms with Gasteiger partial charge < -0.3 is 10.2 Å². The fraction of sp³-hybridized carbons (Fsp3) is 0.375. The summed E-state index contributed by atoms with van der Waals surface area (Å²) >= 11 is 0. The standard InChI is InChI=1S/C32H41N3O4S/c1-6-8-21-33-32(37)29(7-2)34(22-27-19-17-24(3)18-20-27)31(36)23-35(30-16-12-13-25(4)26(30)5)40(38,39)28-14-10-9-11-15-28/h9-20,29H,6-8,21-23H2,1-5H3,(H,33,37). The van der Waals surface area contributed by atoms with E-state index < -0.39 is 28.5 Å². The summed E-state index contributed by atoms with van der Waals surface area (Å²) in [4.78, 5) is 29.0. The third-order valence-corrected chi connectivity index (χ3v) is 8.92. The van der Waals surface area contributed by atoms with Crippen LogP contribution in [0.2, 0.25) is 0 Å². The Labute approximate surface area is 239 Å². The highest BCUT2D eigenvalue weighted by atomic mass is 32.2. The number of rotatable bonds is 13. The molecular formula is C32H41N3O4S. The van der Waals surface area contributed by atoms with Crippen LogP contribution < -0.4 is 9.62 Å². The van der Waals surface area contributed by atoms with Crippen molar-refractivity contribution in [2.24, 2.45) is 0 Å². The number of hydrogen-bond acceptors (Lipinski definition) is 4. The summed E-state index contributed by atoms with van der Waals surface area (Å²) in [7, 11) is -4.09. The maximum atomic E-state index is 14.1. The van der Waals surface area contributed by atoms with Crippen LogP contribution in [0.1, 0.15) is 55.4 Å². The Balaban J connectivity index is 2.06. The van der Waals surface area contributed by atoms with Crippen LogP contribution in [0.3, 0.4) is 0 Å². The van der Waals surface area contributed by atoms with Gasteiger partial charge in [-0.2, -0.15) is 0 Å². The number of carbonyl (C=O) groups is 2. The first-order valence-electron chi connectivity index (χ1n) is 13.9. The lowest BCUT2D eigenvalue weighted by Crippen LogP contribution is -2.52. The maximum Gasteiger partial charge on any atom is 0.264 e. The lowest BCUT2D eigenvalue weighted by molar-refractivity contribution is -0.140. The second-order valence-electron chi connectivity index (χ2n) is 10.1. The molecule has 0 aliphatic heterocycles. The van der Waals surface area contributed by atoms with Gasteiger partial charge in [0.15, 0.2) is 0 Å². The van der Waals surface area contributed by atoms with E-state index in [4.69, 9.17) is 0 Å². The van der Waals surface area contributed by atoms with Gasteiger partial charge in [-0.3, -0.25) is 13.9 Å². The van der Waals surface area contributed by atoms with Crippen molar-refractivity contribution in [2.75, 3.05) is 17.4 Å². The number of aryl methyl sites for hydroxylation is 2. The monoisotopic (exact) mass is 563 g/mol. The van der Waals surface area contributed by atoms with E-state index in [-0.39, 0.29) is 17.3 Å². The van der Waals surface area contributed by atoms with Gasteiger partial charge in [0.05, 0.1) is 10.6 Å². The molecule has 0 saturated carbocycles. The van der Waals surface area contributed by atoms with Crippen molar-refractivity contribution in [3.8, 4) is 0 Å². The zero-order chi connectivity index (χ0) is 29.3. The SMILES string of the molecule is CCCCNC(=O)C(CC)N(Cc1ccc(C)cc1)C(=O)CN(c1cccc(C)c1C)S(=O)(=O)c1ccccc1. The van der Waals surface area contributed by atoms with E-state index in [9.17, 15) is 18.0 Å². The van der Waals surface area contributed by atoms with Gasteiger partial charge in [-0.15, -0.1) is 0 Å². The van der Waals surface area contributed by atoms with E-state index in [1.807, 2.05) is 65.0 Å². The highest BCUT2D eigenvalue weighted by Crippen LogP contribution is 2.29. The van der Waals surface area contributed by atoms with E-state index in [2.05, 4.69) is 5.32 Å². The van der Waals surface area contributed by atoms with Crippen molar-refractivity contribution in [2.45, 2.75) is 71.4 Å². The van der Waals surface area contributed by atoms with Crippen molar-refractivity contribution < 1.29 is 18.0 Å². The predicted octanol–water partition coefficient (Wildman–Crippen LogP) is 5.53. The predicted molar refractivity (Wildman–Crippen MR) is 161 cm³/mol. The zero-order valence-electron chi connectivity index (χ0n) is 24.2. The number of nitrogens with one attached hydrogen (secondary N) is 1. The summed E-state index contributed by atoms with van der Waals surface area (Å²) in [6.07, 6.45) is 2.17. The van der Waals surface area contributed by atoms with Crippen molar-refractivity contribution in [3.63, 3.8) is 0 Å². The van der Waals surface area contributed by atoms with Crippen LogP contribution in [0.5, 0.6) is 0 Å². The minimum absolute atomic E-state index is 0.0955. The molecule has 3 aromatic carbocycles. The fourth-order valence-electron chi connectivity index (χ4n) is 4.55. The van der Waals surface area contributed by atoms with Gasteiger partial charge in [0.1, 0.15) is 12.6 Å². The molecule has 0 fully saturated rings. The van der Waals surface area contributed by atoms with Crippen LogP contribution in [0, 0.1) is 20.8 Å². The van der Waals surface area contributed by atoms with Crippen molar-refractivity contribution in [3.05, 3.63) is 95.1 Å². The Morgan fingerprint density at radius 2 is 1.55 bits per heavy atom. The molecule has 3 rings (SSSR count). The van der Waals surface area contributed by atoms with Gasteiger partial charge in [0.2, 0.25) is 11.8 Å². The number of benzene rings is 3. The Kier molecular flexibility index (Phi) is 10.9. The first-order valence-corrected chi connectivity index (χ1v) is 15.3. The smallest absolute Gasteiger partial charge is 0.264 e. The quantitative estimate of drug-likeness (QED) is 0.277. The van der Waals surface area contributed by atoms with Crippen LogP contribution in [0.25, 0.3) is 0 Å². The number of anilines is 1. The molecule has 0 aliphatic rings. The average Bonchev–Trinajstić information content (AvgIpc) is 2.95. The molecule has 1 N–H and O–H groups in total. The highest BCUT2D eigenvalue weighted by molar-refractivity contribution is 7.92. The van der Waals surface area contributed by atoms with Gasteiger partial charge in [0.25, 0.3) is 10.0 Å². The summed E-state index contributed by atoms with van der Waals surface area (Å²) in [6.45, 7) is 9.92. The van der Waals surface area contributed by atoms with E-state index >= 15 is 0 Å². The average molecular weight is 564 g/mol. The number of hydrogen-bond donors (Lipinski definition) is 1. The fourth-order valence-corrected chi connectivity index (χ4v) is 6.05. The lowest BCUT2D eigenvalue weighted by atomic mass is 10.1. The number of sulfonamides is 1. The molecule has 3 aromatic rings. The molecule has 0 saturated heterocycles. The largest absolute Gasteiger partial charge is 0.354 e. The number of amides is 2. The molecule has 8 heteroatoms. The Hall–Kier alpha value is -3.65. The van der Waals surface area contributed by atoms with Gasteiger partial charge >= 0.3 is 0 Å². The molecule has 0 bridgehead atoms. The maximum absolute atomic E-state index is 14.1. The molecule has 0 aliphatic carbocycles. The molecule has 0 aromatic heterocycles. The molecule has 7 nitrogen and oxygen atoms in total. The van der Waals surface area contributed by atoms with Crippen LogP contribution in [0.4, 0.5) is 5.69 Å². The third-order valence-electron chi connectivity index (χ3n) is 7.14. The Morgan fingerprint density at radius 3 is 2.17 bits per heavy atom. The van der Waals surface area contributed by atoms with E-state index in [0.717, 1.165) is 35.1 Å². The van der Waals surface area contributed by atoms with E-state index in [1.54, 1.807) is 30.3 Å². The van der Waals surface area contributed by atoms with Crippen molar-refractivity contribution in [1.29, 1.82) is 0 Å². The minimum atomic E-state index is -4.09. The molecule has 40 heavy (non-hydrogen) atoms. The highest BCUT2D eigenvalue weighted by Gasteiger charge is 2.34. The van der Waals surface area contributed by atoms with Crippen molar-refractivity contribution >= 4 is 27.5 Å². The third kappa shape index (κ3) is 7.50. The first-order chi connectivity index (χ1) is 19.1. The summed E-state index contributed by atoms with van der Waals surface area (Å²) in [6, 6.07) is 20.6. The number of unbranched alkanes of at least 4 members (excludes halogenated alkanes) is 1. The molecule has 0 radical (unpaired) electrons. The summed E-state index contributed by atoms with van der Waals surface area (Å²) in [5.74, 6) is -0.681. The molecule has 1 atom stereocenters. The second kappa shape index (κ2) is 14.1. The normalized spacial score (nSPS) is 12.0. The van der Waals surface area contributed by atoms with Gasteiger partial charge in [0, 0.05) is 13.1 Å². The van der Waals surface area contributed by atoms with Crippen LogP contribution in [-0.2, 0) is 26.2 Å². The Morgan fingerprint density at radius 1 is 0.875 bits per heavy atom. The van der Waals surface area contributed by atoms with Gasteiger partial charge in [-0.1, -0.05) is 80.4 Å². The zero-order valence-corrected chi connectivity index (χ0v) is 25.0. The van der Waals surface area contributed by atoms with Crippen LogP contribution in [-0.4, -0.2) is 44.3 Å². The first kappa shape index (κ1) is 30.9. The molecule has 1 unspecified atom stereocenters. The van der Waals surface area contributed by atoms with E-state index in [0.29, 0.717) is 18.7 Å². The van der Waals surface area contributed by atoms with Crippen LogP contribution >= 0.6 is 0 Å². The van der Waals surface area contributed by atoms with E-state index in [1.165, 1.54) is 21.3 Å². The second-order valence-corrected chi connectivity index (χ2v) is 12.0. The molecular weight excluding hydrogens is 522 g/mol. The molecule has 214 valence electrons. The van der Waals surface area contributed by atoms with Crippen molar-refractivity contribution in [1.82, 2.24) is 10.2 Å². The summed E-state index contributed by atoms with van der Waals surface area (Å²) in [5, 5.41) is 2.96. The lowest BCUT2D eigenvalue weighted by Gasteiger charge is -2.33. The molecule has 0 heterocycles. The Bertz CT molecular complexity index is 1390. The van der Waals surface area contributed by atoms with Gasteiger partial charge in [-0.05, 0) is 68.5 Å². The van der Waals surface area contributed by atoms with Gasteiger partial charge in [-0.25, -0.2) is 8.42 Å². The molecule has 0 spiro atoms. The summed E-state index contributed by atoms with van der Waals surface area (Å²) < 4.78 is 29.1. The number of carbonyl (C=O) groups excluding carboxylic acids is 2. The topological polar surface area (TPSA) is 86.8 Å². The number of nitrogens with zero attached hydrogens (tertiary/aromatic N) is 2. The minimum Gasteiger partial charge on any atom is -0.354 e. The molecule has 2 amide bonds. The van der Waals surface area contributed by atoms with Crippen LogP contribution in [0.15, 0.2) is 77.7 Å².